The first-order valence-corrected chi connectivity index (χ1v) is 8.45. The van der Waals surface area contributed by atoms with Crippen LogP contribution in [-0.2, 0) is 0 Å². The van der Waals surface area contributed by atoms with Crippen molar-refractivity contribution in [3.8, 4) is 40.0 Å². The molecule has 0 N–H and O–H groups in total. The summed E-state index contributed by atoms with van der Waals surface area (Å²) in [6.07, 6.45) is 1.60. The second-order valence-corrected chi connectivity index (χ2v) is 5.93. The first kappa shape index (κ1) is 17.7. The molecule has 28 heavy (non-hydrogen) atoms. The molecule has 1 aromatic heterocycles. The van der Waals surface area contributed by atoms with Crippen LogP contribution in [-0.4, -0.2) is 43.8 Å². The van der Waals surface area contributed by atoms with Gasteiger partial charge in [-0.15, -0.1) is 0 Å². The van der Waals surface area contributed by atoms with Gasteiger partial charge in [0.05, 0.1) is 27.0 Å². The van der Waals surface area contributed by atoms with Crippen molar-refractivity contribution in [2.24, 2.45) is 0 Å². The Balaban J connectivity index is 1.66. The van der Waals surface area contributed by atoms with Gasteiger partial charge in [-0.3, -0.25) is 4.79 Å². The van der Waals surface area contributed by atoms with Crippen LogP contribution in [0.4, 0.5) is 0 Å². The Labute approximate surface area is 161 Å². The molecule has 0 spiro atoms. The van der Waals surface area contributed by atoms with Crippen molar-refractivity contribution in [2.75, 3.05) is 28.1 Å². The first-order chi connectivity index (χ1) is 13.6. The van der Waals surface area contributed by atoms with Crippen molar-refractivity contribution in [3.63, 3.8) is 0 Å². The average Bonchev–Trinajstić information content (AvgIpc) is 3.40. The maximum Gasteiger partial charge on any atom is 0.278 e. The van der Waals surface area contributed by atoms with E-state index < -0.39 is 0 Å². The van der Waals surface area contributed by atoms with E-state index >= 15 is 0 Å². The van der Waals surface area contributed by atoms with Gasteiger partial charge in [0.25, 0.3) is 5.91 Å². The van der Waals surface area contributed by atoms with Gasteiger partial charge in [0.2, 0.25) is 12.5 Å². The molecular formula is C20H18N2O6. The second kappa shape index (κ2) is 7.15. The smallest absolute Gasteiger partial charge is 0.278 e. The molecule has 1 aliphatic rings. The van der Waals surface area contributed by atoms with Crippen LogP contribution in [0.25, 0.3) is 11.3 Å². The van der Waals surface area contributed by atoms with Gasteiger partial charge in [-0.05, 0) is 36.4 Å². The second-order valence-electron chi connectivity index (χ2n) is 5.93. The Hall–Kier alpha value is -3.68. The lowest BCUT2D eigenvalue weighted by molar-refractivity contribution is 0.0944. The highest BCUT2D eigenvalue weighted by atomic mass is 16.7. The summed E-state index contributed by atoms with van der Waals surface area (Å²) < 4.78 is 27.9. The van der Waals surface area contributed by atoms with Gasteiger partial charge in [-0.1, -0.05) is 0 Å². The van der Waals surface area contributed by atoms with Crippen molar-refractivity contribution >= 4 is 5.91 Å². The third kappa shape index (κ3) is 2.98. The van der Waals surface area contributed by atoms with Crippen LogP contribution in [0.3, 0.4) is 0 Å². The van der Waals surface area contributed by atoms with Gasteiger partial charge in [-0.25, -0.2) is 4.68 Å². The molecule has 144 valence electrons. The number of nitrogens with zero attached hydrogens (tertiary/aromatic N) is 2. The van der Waals surface area contributed by atoms with Crippen LogP contribution < -0.4 is 23.7 Å². The summed E-state index contributed by atoms with van der Waals surface area (Å²) in [6, 6.07) is 10.4. The zero-order valence-electron chi connectivity index (χ0n) is 15.6. The molecule has 8 heteroatoms. The number of fused-ring (bicyclic) bond motifs is 1. The molecule has 0 unspecified atom stereocenters. The van der Waals surface area contributed by atoms with Gasteiger partial charge >= 0.3 is 0 Å². The molecule has 1 aliphatic heterocycles. The highest BCUT2D eigenvalue weighted by Crippen LogP contribution is 2.38. The van der Waals surface area contributed by atoms with Gasteiger partial charge in [0.15, 0.2) is 23.0 Å². The number of aromatic nitrogens is 2. The molecule has 2 heterocycles. The largest absolute Gasteiger partial charge is 0.493 e. The lowest BCUT2D eigenvalue weighted by Gasteiger charge is -2.13. The van der Waals surface area contributed by atoms with Gasteiger partial charge < -0.3 is 23.7 Å². The quantitative estimate of drug-likeness (QED) is 0.671. The van der Waals surface area contributed by atoms with E-state index in [1.807, 2.05) is 18.2 Å². The number of methoxy groups -OCH3 is 3. The summed E-state index contributed by atoms with van der Waals surface area (Å²) in [6.45, 7) is 0.201. The predicted octanol–water partition coefficient (Wildman–Crippen LogP) is 2.99. The maximum absolute atomic E-state index is 12.9. The van der Waals surface area contributed by atoms with E-state index in [9.17, 15) is 4.79 Å². The van der Waals surface area contributed by atoms with E-state index in [2.05, 4.69) is 5.10 Å². The van der Waals surface area contributed by atoms with Crippen LogP contribution in [0.2, 0.25) is 0 Å². The molecule has 0 saturated heterocycles. The fourth-order valence-corrected chi connectivity index (χ4v) is 2.98. The van der Waals surface area contributed by atoms with E-state index in [0.717, 1.165) is 5.56 Å². The monoisotopic (exact) mass is 382 g/mol. The highest BCUT2D eigenvalue weighted by Gasteiger charge is 2.20. The van der Waals surface area contributed by atoms with Gasteiger partial charge in [0.1, 0.15) is 0 Å². The zero-order valence-corrected chi connectivity index (χ0v) is 15.6. The number of carbonyl (C=O) groups excluding carboxylic acids is 1. The standard InChI is InChI=1S/C20H18N2O6/c1-24-17-9-13(10-18(25-2)19(17)26-3)20(23)22-7-6-14(21-22)12-4-5-15-16(8-12)28-11-27-15/h4-10H,11H2,1-3H3. The minimum absolute atomic E-state index is 0.201. The van der Waals surface area contributed by atoms with Crippen LogP contribution >= 0.6 is 0 Å². The topological polar surface area (TPSA) is 81.0 Å². The molecule has 0 saturated carbocycles. The number of ether oxygens (including phenoxy) is 5. The maximum atomic E-state index is 12.9. The summed E-state index contributed by atoms with van der Waals surface area (Å²) in [5.41, 5.74) is 1.81. The van der Waals surface area contributed by atoms with Crippen molar-refractivity contribution in [2.45, 2.75) is 0 Å². The summed E-state index contributed by atoms with van der Waals surface area (Å²) >= 11 is 0. The summed E-state index contributed by atoms with van der Waals surface area (Å²) in [7, 11) is 4.50. The molecule has 2 aromatic carbocycles. The van der Waals surface area contributed by atoms with Gasteiger partial charge in [-0.2, -0.15) is 5.10 Å². The Bertz CT molecular complexity index is 1020. The summed E-state index contributed by atoms with van der Waals surface area (Å²) in [5.74, 6) is 2.23. The van der Waals surface area contributed by atoms with E-state index in [0.29, 0.717) is 40.0 Å². The summed E-state index contributed by atoms with van der Waals surface area (Å²) in [4.78, 5) is 12.9. The average molecular weight is 382 g/mol. The fraction of sp³-hybridized carbons (Fsp3) is 0.200. The van der Waals surface area contributed by atoms with Crippen molar-refractivity contribution < 1.29 is 28.5 Å². The third-order valence-electron chi connectivity index (χ3n) is 4.38. The first-order valence-electron chi connectivity index (χ1n) is 8.45. The van der Waals surface area contributed by atoms with Crippen molar-refractivity contribution in [1.82, 2.24) is 9.78 Å². The molecule has 0 bridgehead atoms. The predicted molar refractivity (Wildman–Crippen MR) is 99.6 cm³/mol. The highest BCUT2D eigenvalue weighted by molar-refractivity contribution is 5.97. The minimum Gasteiger partial charge on any atom is -0.493 e. The number of hydrogen-bond acceptors (Lipinski definition) is 7. The summed E-state index contributed by atoms with van der Waals surface area (Å²) in [5, 5.41) is 4.39. The molecule has 4 rings (SSSR count). The van der Waals surface area contributed by atoms with E-state index in [4.69, 9.17) is 23.7 Å². The van der Waals surface area contributed by atoms with Crippen LogP contribution in [0, 0.1) is 0 Å². The molecule has 0 aliphatic carbocycles. The normalized spacial score (nSPS) is 12.0. The van der Waals surface area contributed by atoms with Crippen LogP contribution in [0.15, 0.2) is 42.6 Å². The number of benzene rings is 2. The number of carbonyl (C=O) groups is 1. The lowest BCUT2D eigenvalue weighted by Crippen LogP contribution is -2.13. The number of rotatable bonds is 5. The van der Waals surface area contributed by atoms with Crippen LogP contribution in [0.1, 0.15) is 10.4 Å². The Morgan fingerprint density at radius 2 is 1.68 bits per heavy atom. The molecule has 3 aromatic rings. The zero-order chi connectivity index (χ0) is 19.7. The molecular weight excluding hydrogens is 364 g/mol. The Morgan fingerprint density at radius 3 is 2.36 bits per heavy atom. The SMILES string of the molecule is COc1cc(C(=O)n2ccc(-c3ccc4c(c3)OCO4)n2)cc(OC)c1OC. The molecule has 0 atom stereocenters. The van der Waals surface area contributed by atoms with E-state index in [1.165, 1.54) is 26.0 Å². The van der Waals surface area contributed by atoms with E-state index in [1.54, 1.807) is 24.4 Å². The molecule has 0 amide bonds. The third-order valence-corrected chi connectivity index (χ3v) is 4.38. The molecule has 8 nitrogen and oxygen atoms in total. The van der Waals surface area contributed by atoms with Crippen molar-refractivity contribution in [3.05, 3.63) is 48.2 Å². The minimum atomic E-state index is -0.328. The Morgan fingerprint density at radius 1 is 0.964 bits per heavy atom. The Kier molecular flexibility index (Phi) is 4.52. The van der Waals surface area contributed by atoms with Crippen LogP contribution in [0.5, 0.6) is 28.7 Å². The molecule has 0 fully saturated rings. The van der Waals surface area contributed by atoms with E-state index in [-0.39, 0.29) is 12.7 Å². The van der Waals surface area contributed by atoms with Crippen molar-refractivity contribution in [1.29, 1.82) is 0 Å². The molecule has 0 radical (unpaired) electrons. The lowest BCUT2D eigenvalue weighted by atomic mass is 10.1. The fourth-order valence-electron chi connectivity index (χ4n) is 2.98. The van der Waals surface area contributed by atoms with Gasteiger partial charge in [0, 0.05) is 17.3 Å². The number of hydrogen-bond donors (Lipinski definition) is 0.